The van der Waals surface area contributed by atoms with E-state index < -0.39 is 4.92 Å². The number of nitrogens with one attached hydrogen (secondary N) is 1. The van der Waals surface area contributed by atoms with Crippen molar-refractivity contribution in [3.05, 3.63) is 27.9 Å². The van der Waals surface area contributed by atoms with Crippen LogP contribution in [-0.4, -0.2) is 40.5 Å². The lowest BCUT2D eigenvalue weighted by Gasteiger charge is -2.23. The largest absolute Gasteiger partial charge is 0.368 e. The molecule has 1 aliphatic heterocycles. The first kappa shape index (κ1) is 14.2. The average molecular weight is 275 g/mol. The van der Waals surface area contributed by atoms with E-state index in [1.807, 2.05) is 0 Å². The van der Waals surface area contributed by atoms with Gasteiger partial charge in [-0.3, -0.25) is 15.0 Å². The first-order valence-electron chi connectivity index (χ1n) is 6.69. The second-order valence-electron chi connectivity index (χ2n) is 4.74. The molecule has 0 aliphatic carbocycles. The highest BCUT2D eigenvalue weighted by molar-refractivity contribution is 5.50. The van der Waals surface area contributed by atoms with E-state index in [9.17, 15) is 10.1 Å². The number of nitriles is 1. The van der Waals surface area contributed by atoms with Crippen LogP contribution in [0.1, 0.15) is 25.5 Å². The maximum absolute atomic E-state index is 10.7. The fourth-order valence-corrected chi connectivity index (χ4v) is 2.54. The molecule has 7 nitrogen and oxygen atoms in total. The summed E-state index contributed by atoms with van der Waals surface area (Å²) in [5.74, 6) is 0.509. The molecule has 7 heteroatoms. The van der Waals surface area contributed by atoms with Crippen LogP contribution in [0.2, 0.25) is 0 Å². The van der Waals surface area contributed by atoms with E-state index in [1.165, 1.54) is 12.5 Å². The third kappa shape index (κ3) is 3.03. The van der Waals surface area contributed by atoms with Crippen molar-refractivity contribution >= 4 is 11.5 Å². The minimum absolute atomic E-state index is 0.154. The number of nitro groups is 1. The molecule has 0 saturated carbocycles. The van der Waals surface area contributed by atoms with Gasteiger partial charge in [-0.15, -0.1) is 0 Å². The van der Waals surface area contributed by atoms with Crippen LogP contribution in [0.3, 0.4) is 0 Å². The van der Waals surface area contributed by atoms with Crippen LogP contribution in [0.25, 0.3) is 0 Å². The van der Waals surface area contributed by atoms with Crippen molar-refractivity contribution in [3.63, 3.8) is 0 Å². The zero-order valence-corrected chi connectivity index (χ0v) is 11.4. The smallest absolute Gasteiger partial charge is 0.305 e. The molecule has 1 aromatic heterocycles. The zero-order chi connectivity index (χ0) is 14.5. The molecule has 0 spiro atoms. The summed E-state index contributed by atoms with van der Waals surface area (Å²) < 4.78 is 0. The van der Waals surface area contributed by atoms with E-state index in [2.05, 4.69) is 22.1 Å². The zero-order valence-electron chi connectivity index (χ0n) is 11.4. The van der Waals surface area contributed by atoms with E-state index in [1.54, 1.807) is 12.1 Å². The Labute approximate surface area is 117 Å². The van der Waals surface area contributed by atoms with E-state index >= 15 is 0 Å². The number of hydrogen-bond donors (Lipinski definition) is 1. The van der Waals surface area contributed by atoms with E-state index in [0.717, 1.165) is 26.1 Å². The molecule has 20 heavy (non-hydrogen) atoms. The second-order valence-corrected chi connectivity index (χ2v) is 4.74. The van der Waals surface area contributed by atoms with Crippen LogP contribution in [0.5, 0.6) is 0 Å². The summed E-state index contributed by atoms with van der Waals surface area (Å²) >= 11 is 0. The van der Waals surface area contributed by atoms with Gasteiger partial charge in [0.25, 0.3) is 0 Å². The number of likely N-dealkylation sites (N-methyl/N-ethyl adjacent to an activating group) is 1. The van der Waals surface area contributed by atoms with Crippen LogP contribution in [-0.2, 0) is 0 Å². The molecule has 0 radical (unpaired) electrons. The molecule has 2 rings (SSSR count). The lowest BCUT2D eigenvalue weighted by molar-refractivity contribution is -0.385. The quantitative estimate of drug-likeness (QED) is 0.649. The molecule has 1 atom stereocenters. The van der Waals surface area contributed by atoms with Gasteiger partial charge in [0.2, 0.25) is 5.69 Å². The Bertz CT molecular complexity index is 540. The number of aromatic nitrogens is 1. The topological polar surface area (TPSA) is 95.1 Å². The van der Waals surface area contributed by atoms with Crippen LogP contribution in [0, 0.1) is 21.4 Å². The van der Waals surface area contributed by atoms with Gasteiger partial charge in [0.05, 0.1) is 4.92 Å². The number of hydrogen-bond acceptors (Lipinski definition) is 6. The van der Waals surface area contributed by atoms with Crippen molar-refractivity contribution in [1.29, 1.82) is 5.26 Å². The van der Waals surface area contributed by atoms with Crippen molar-refractivity contribution in [2.45, 2.75) is 25.8 Å². The monoisotopic (exact) mass is 275 g/mol. The Morgan fingerprint density at radius 1 is 1.65 bits per heavy atom. The van der Waals surface area contributed by atoms with E-state index in [-0.39, 0.29) is 11.4 Å². The molecule has 1 unspecified atom stereocenters. The number of rotatable bonds is 5. The second kappa shape index (κ2) is 6.30. The summed E-state index contributed by atoms with van der Waals surface area (Å²) in [6.45, 7) is 5.00. The van der Waals surface area contributed by atoms with Gasteiger partial charge < -0.3 is 5.32 Å². The van der Waals surface area contributed by atoms with Crippen molar-refractivity contribution < 1.29 is 4.92 Å². The lowest BCUT2D eigenvalue weighted by atomic mass is 10.2. The molecule has 2 heterocycles. The molecule has 1 aliphatic rings. The van der Waals surface area contributed by atoms with Crippen molar-refractivity contribution in [3.8, 4) is 6.07 Å². The summed E-state index contributed by atoms with van der Waals surface area (Å²) in [7, 11) is 0. The molecule has 1 fully saturated rings. The van der Waals surface area contributed by atoms with Gasteiger partial charge in [0.15, 0.2) is 0 Å². The Kier molecular flexibility index (Phi) is 4.48. The third-order valence-electron chi connectivity index (χ3n) is 3.60. The molecule has 0 aromatic carbocycles. The van der Waals surface area contributed by atoms with Gasteiger partial charge in [0.1, 0.15) is 11.9 Å². The van der Waals surface area contributed by atoms with Crippen molar-refractivity contribution in [1.82, 2.24) is 9.88 Å². The molecule has 1 aromatic rings. The van der Waals surface area contributed by atoms with E-state index in [4.69, 9.17) is 5.26 Å². The third-order valence-corrected chi connectivity index (χ3v) is 3.60. The minimum atomic E-state index is -0.592. The molecule has 106 valence electrons. The maximum Gasteiger partial charge on any atom is 0.305 e. The minimum Gasteiger partial charge on any atom is -0.368 e. The number of nitrogens with zero attached hydrogens (tertiary/aromatic N) is 4. The standard InChI is InChI=1S/C13H17N5O2/c1-2-17-7-3-4-10(17)9-15-13-6-5-12(18(19)20)11(8-14)16-13/h5-6,10H,2-4,7,9H2,1H3,(H,15,16). The summed E-state index contributed by atoms with van der Waals surface area (Å²) in [5.41, 5.74) is -0.409. The maximum atomic E-state index is 10.7. The average Bonchev–Trinajstić information content (AvgIpc) is 2.92. The Morgan fingerprint density at radius 3 is 3.10 bits per heavy atom. The summed E-state index contributed by atoms with van der Waals surface area (Å²) in [4.78, 5) is 16.5. The molecule has 1 saturated heterocycles. The first-order chi connectivity index (χ1) is 9.65. The van der Waals surface area contributed by atoms with Gasteiger partial charge in [0, 0.05) is 18.7 Å². The Morgan fingerprint density at radius 2 is 2.45 bits per heavy atom. The number of anilines is 1. The highest BCUT2D eigenvalue weighted by Crippen LogP contribution is 2.20. The first-order valence-corrected chi connectivity index (χ1v) is 6.69. The van der Waals surface area contributed by atoms with Gasteiger partial charge in [-0.2, -0.15) is 5.26 Å². The molecule has 0 bridgehead atoms. The highest BCUT2D eigenvalue weighted by atomic mass is 16.6. The normalized spacial score (nSPS) is 18.7. The van der Waals surface area contributed by atoms with Crippen LogP contribution >= 0.6 is 0 Å². The van der Waals surface area contributed by atoms with E-state index in [0.29, 0.717) is 11.9 Å². The molecule has 1 N–H and O–H groups in total. The summed E-state index contributed by atoms with van der Waals surface area (Å²) in [6, 6.07) is 5.09. The van der Waals surface area contributed by atoms with Crippen LogP contribution in [0.4, 0.5) is 11.5 Å². The van der Waals surface area contributed by atoms with Crippen LogP contribution < -0.4 is 5.32 Å². The van der Waals surface area contributed by atoms with Gasteiger partial charge >= 0.3 is 5.69 Å². The highest BCUT2D eigenvalue weighted by Gasteiger charge is 2.23. The summed E-state index contributed by atoms with van der Waals surface area (Å²) in [5, 5.41) is 22.8. The van der Waals surface area contributed by atoms with Gasteiger partial charge in [-0.05, 0) is 32.0 Å². The fraction of sp³-hybridized carbons (Fsp3) is 0.538. The SMILES string of the molecule is CCN1CCCC1CNc1ccc([N+](=O)[O-])c(C#N)n1. The number of pyridine rings is 1. The van der Waals surface area contributed by atoms with Crippen molar-refractivity contribution in [2.75, 3.05) is 25.0 Å². The Hall–Kier alpha value is -2.20. The molecular weight excluding hydrogens is 258 g/mol. The van der Waals surface area contributed by atoms with Crippen molar-refractivity contribution in [2.24, 2.45) is 0 Å². The van der Waals surface area contributed by atoms with Gasteiger partial charge in [-0.25, -0.2) is 4.98 Å². The Balaban J connectivity index is 2.03. The molecule has 0 amide bonds. The fourth-order valence-electron chi connectivity index (χ4n) is 2.54. The predicted octanol–water partition coefficient (Wildman–Crippen LogP) is 1.76. The predicted molar refractivity (Wildman–Crippen MR) is 74.4 cm³/mol. The number of likely N-dealkylation sites (tertiary alicyclic amines) is 1. The lowest BCUT2D eigenvalue weighted by Crippen LogP contribution is -2.34. The van der Waals surface area contributed by atoms with Crippen LogP contribution in [0.15, 0.2) is 12.1 Å². The van der Waals surface area contributed by atoms with Gasteiger partial charge in [-0.1, -0.05) is 6.92 Å². The summed E-state index contributed by atoms with van der Waals surface area (Å²) in [6.07, 6.45) is 2.33. The molecular formula is C13H17N5O2.